The Morgan fingerprint density at radius 1 is 1.19 bits per heavy atom. The van der Waals surface area contributed by atoms with Crippen LogP contribution in [-0.4, -0.2) is 57.5 Å². The molecule has 0 spiro atoms. The smallest absolute Gasteiger partial charge is 0.252 e. The summed E-state index contributed by atoms with van der Waals surface area (Å²) in [5.74, 6) is -0.326. The lowest BCUT2D eigenvalue weighted by Gasteiger charge is -2.27. The maximum atomic E-state index is 12.9. The summed E-state index contributed by atoms with van der Waals surface area (Å²) < 4.78 is 0. The molecule has 1 heterocycles. The highest BCUT2D eigenvalue weighted by Gasteiger charge is 2.28. The zero-order valence-corrected chi connectivity index (χ0v) is 21.6. The Morgan fingerprint density at radius 3 is 2.53 bits per heavy atom. The fraction of sp³-hybridized carbons (Fsp3) is 0.407. The minimum atomic E-state index is -0.872. The van der Waals surface area contributed by atoms with Crippen molar-refractivity contribution in [3.05, 3.63) is 71.2 Å². The summed E-state index contributed by atoms with van der Waals surface area (Å²) in [4.78, 5) is 35.0. The molecular formula is C27H34ClN5O3. The maximum absolute atomic E-state index is 12.9. The molecule has 192 valence electrons. The van der Waals surface area contributed by atoms with Gasteiger partial charge in [0.15, 0.2) is 0 Å². The lowest BCUT2D eigenvalue weighted by Crippen LogP contribution is -2.42. The summed E-state index contributed by atoms with van der Waals surface area (Å²) in [5.41, 5.74) is 1.66. The lowest BCUT2D eigenvalue weighted by atomic mass is 9.94. The van der Waals surface area contributed by atoms with Crippen molar-refractivity contribution in [3.8, 4) is 0 Å². The monoisotopic (exact) mass is 511 g/mol. The van der Waals surface area contributed by atoms with Crippen molar-refractivity contribution < 1.29 is 14.7 Å². The summed E-state index contributed by atoms with van der Waals surface area (Å²) in [6.45, 7) is 6.30. The van der Waals surface area contributed by atoms with Gasteiger partial charge in [-0.3, -0.25) is 14.9 Å². The molecule has 1 aliphatic rings. The van der Waals surface area contributed by atoms with Gasteiger partial charge in [0, 0.05) is 31.7 Å². The molecule has 2 aromatic rings. The number of nitrogens with one attached hydrogen (secondary N) is 2. The first-order valence-corrected chi connectivity index (χ1v) is 12.5. The van der Waals surface area contributed by atoms with E-state index in [0.29, 0.717) is 29.0 Å². The van der Waals surface area contributed by atoms with E-state index in [1.165, 1.54) is 0 Å². The van der Waals surface area contributed by atoms with Gasteiger partial charge >= 0.3 is 0 Å². The second-order valence-corrected chi connectivity index (χ2v) is 9.71. The van der Waals surface area contributed by atoms with Crippen molar-refractivity contribution in [2.75, 3.05) is 25.5 Å². The molecule has 9 heteroatoms. The minimum Gasteiger partial charge on any atom is -0.388 e. The van der Waals surface area contributed by atoms with E-state index in [1.54, 1.807) is 48.6 Å². The van der Waals surface area contributed by atoms with Gasteiger partial charge in [-0.2, -0.15) is 0 Å². The van der Waals surface area contributed by atoms with Crippen LogP contribution in [0.15, 0.2) is 55.0 Å². The van der Waals surface area contributed by atoms with Crippen molar-refractivity contribution in [2.24, 2.45) is 0 Å². The molecule has 1 aromatic carbocycles. The molecule has 1 aliphatic carbocycles. The topological polar surface area (TPSA) is 107 Å². The third-order valence-corrected chi connectivity index (χ3v) is 6.71. The number of carbonyl (C=O) groups is 2. The van der Waals surface area contributed by atoms with E-state index >= 15 is 0 Å². The molecule has 0 unspecified atom stereocenters. The molecule has 0 atom stereocenters. The summed E-state index contributed by atoms with van der Waals surface area (Å²) in [7, 11) is 1.80. The number of hydrogen-bond acceptors (Lipinski definition) is 6. The van der Waals surface area contributed by atoms with Gasteiger partial charge in [0.1, 0.15) is 0 Å². The van der Waals surface area contributed by atoms with Crippen LogP contribution >= 0.6 is 11.6 Å². The van der Waals surface area contributed by atoms with E-state index in [0.717, 1.165) is 36.9 Å². The number of carbonyl (C=O) groups excluding carboxylic acids is 2. The number of anilines is 1. The summed E-state index contributed by atoms with van der Waals surface area (Å²) in [6, 6.07) is 6.83. The number of nitrogens with zero attached hydrogens (tertiary/aromatic N) is 3. The van der Waals surface area contributed by atoms with E-state index in [-0.39, 0.29) is 30.9 Å². The fourth-order valence-corrected chi connectivity index (χ4v) is 4.32. The van der Waals surface area contributed by atoms with Crippen LogP contribution in [0.25, 0.3) is 5.57 Å². The molecule has 3 N–H and O–H groups in total. The Hall–Kier alpha value is -3.23. The second kappa shape index (κ2) is 12.6. The molecular weight excluding hydrogens is 478 g/mol. The van der Waals surface area contributed by atoms with Crippen LogP contribution in [0.2, 0.25) is 5.02 Å². The van der Waals surface area contributed by atoms with Crippen LogP contribution in [0.1, 0.15) is 61.4 Å². The SMILES string of the molecule is C=C(/C=C(/C)N(C)CC(=O)Nc1ncccn1)c1ccc(Cl)c(C(=O)NCC2(O)CCCCCC2)c1. The van der Waals surface area contributed by atoms with Gasteiger partial charge in [0.05, 0.1) is 22.7 Å². The zero-order valence-electron chi connectivity index (χ0n) is 20.9. The third-order valence-electron chi connectivity index (χ3n) is 6.38. The van der Waals surface area contributed by atoms with Gasteiger partial charge in [-0.05, 0) is 55.2 Å². The molecule has 0 bridgehead atoms. The van der Waals surface area contributed by atoms with E-state index < -0.39 is 5.60 Å². The highest BCUT2D eigenvalue weighted by atomic mass is 35.5. The number of rotatable bonds is 9. The van der Waals surface area contributed by atoms with Gasteiger partial charge in [-0.25, -0.2) is 9.97 Å². The number of aromatic nitrogens is 2. The predicted molar refractivity (Wildman–Crippen MR) is 143 cm³/mol. The first kappa shape index (κ1) is 27.4. The van der Waals surface area contributed by atoms with Crippen LogP contribution in [0, 0.1) is 0 Å². The molecule has 8 nitrogen and oxygen atoms in total. The normalized spacial score (nSPS) is 15.5. The first-order chi connectivity index (χ1) is 17.2. The average Bonchev–Trinajstić information content (AvgIpc) is 3.08. The third kappa shape index (κ3) is 7.90. The number of amides is 2. The van der Waals surface area contributed by atoms with Crippen molar-refractivity contribution in [1.82, 2.24) is 20.2 Å². The Labute approximate surface area is 217 Å². The molecule has 2 amide bonds. The van der Waals surface area contributed by atoms with E-state index in [4.69, 9.17) is 11.6 Å². The van der Waals surface area contributed by atoms with Crippen molar-refractivity contribution >= 4 is 34.9 Å². The van der Waals surface area contributed by atoms with Gasteiger partial charge in [-0.1, -0.05) is 49.9 Å². The number of benzene rings is 1. The predicted octanol–water partition coefficient (Wildman–Crippen LogP) is 4.43. The number of halogens is 1. The molecule has 3 rings (SSSR count). The Balaban J connectivity index is 1.62. The second-order valence-electron chi connectivity index (χ2n) is 9.30. The Morgan fingerprint density at radius 2 is 1.86 bits per heavy atom. The molecule has 0 aliphatic heterocycles. The van der Waals surface area contributed by atoms with Crippen LogP contribution in [0.3, 0.4) is 0 Å². The quantitative estimate of drug-likeness (QED) is 0.339. The molecule has 1 saturated carbocycles. The number of allylic oxidation sites excluding steroid dienone is 3. The van der Waals surface area contributed by atoms with Crippen LogP contribution in [-0.2, 0) is 4.79 Å². The summed E-state index contributed by atoms with van der Waals surface area (Å²) in [5, 5.41) is 16.7. The largest absolute Gasteiger partial charge is 0.388 e. The van der Waals surface area contributed by atoms with E-state index in [9.17, 15) is 14.7 Å². The molecule has 1 fully saturated rings. The summed E-state index contributed by atoms with van der Waals surface area (Å²) >= 11 is 6.33. The van der Waals surface area contributed by atoms with Crippen LogP contribution in [0.5, 0.6) is 0 Å². The maximum Gasteiger partial charge on any atom is 0.252 e. The van der Waals surface area contributed by atoms with Crippen molar-refractivity contribution in [3.63, 3.8) is 0 Å². The van der Waals surface area contributed by atoms with Gasteiger partial charge in [0.2, 0.25) is 11.9 Å². The molecule has 1 aromatic heterocycles. The standard InChI is InChI=1S/C27H34ClN5O3/c1-19(15-20(2)33(3)17-24(34)32-26-29-13-8-14-30-26)21-9-10-23(28)22(16-21)25(35)31-18-27(36)11-6-4-5-7-12-27/h8-10,13-16,36H,1,4-7,11-12,17-18H2,2-3H3,(H,31,35)(H,29,30,32,34)/b20-15-. The Kier molecular flexibility index (Phi) is 9.61. The van der Waals surface area contributed by atoms with E-state index in [1.807, 2.05) is 13.0 Å². The van der Waals surface area contributed by atoms with Crippen LogP contribution < -0.4 is 10.6 Å². The van der Waals surface area contributed by atoms with Gasteiger partial charge < -0.3 is 15.3 Å². The first-order valence-electron chi connectivity index (χ1n) is 12.1. The average molecular weight is 512 g/mol. The number of likely N-dealkylation sites (N-methyl/N-ethyl adjacent to an activating group) is 1. The van der Waals surface area contributed by atoms with E-state index in [2.05, 4.69) is 27.2 Å². The number of aliphatic hydroxyl groups is 1. The van der Waals surface area contributed by atoms with Gasteiger partial charge in [-0.15, -0.1) is 0 Å². The molecule has 0 saturated heterocycles. The van der Waals surface area contributed by atoms with Crippen LogP contribution in [0.4, 0.5) is 5.95 Å². The van der Waals surface area contributed by atoms with Crippen molar-refractivity contribution in [2.45, 2.75) is 51.0 Å². The molecule has 36 heavy (non-hydrogen) atoms. The van der Waals surface area contributed by atoms with Gasteiger partial charge in [0.25, 0.3) is 5.91 Å². The highest BCUT2D eigenvalue weighted by molar-refractivity contribution is 6.34. The lowest BCUT2D eigenvalue weighted by molar-refractivity contribution is -0.116. The summed E-state index contributed by atoms with van der Waals surface area (Å²) in [6.07, 6.45) is 10.5. The zero-order chi connectivity index (χ0) is 26.1. The minimum absolute atomic E-state index is 0.102. The Bertz CT molecular complexity index is 1110. The molecule has 0 radical (unpaired) electrons. The highest BCUT2D eigenvalue weighted by Crippen LogP contribution is 2.27. The fourth-order valence-electron chi connectivity index (χ4n) is 4.12. The van der Waals surface area contributed by atoms with Crippen molar-refractivity contribution in [1.29, 1.82) is 0 Å². The number of hydrogen-bond donors (Lipinski definition) is 3.